The fraction of sp³-hybridized carbons (Fsp3) is 0.278. The summed E-state index contributed by atoms with van der Waals surface area (Å²) in [5.74, 6) is 0.272. The molecule has 0 aliphatic carbocycles. The van der Waals surface area contributed by atoms with Gasteiger partial charge in [-0.2, -0.15) is 0 Å². The van der Waals surface area contributed by atoms with Gasteiger partial charge in [-0.15, -0.1) is 0 Å². The first-order valence-electron chi connectivity index (χ1n) is 15.0. The van der Waals surface area contributed by atoms with Gasteiger partial charge in [0.05, 0.1) is 10.6 Å². The Hall–Kier alpha value is -4.34. The minimum atomic E-state index is -4.20. The minimum Gasteiger partial charge on any atom is -0.457 e. The van der Waals surface area contributed by atoms with E-state index in [1.165, 1.54) is 17.0 Å². The van der Waals surface area contributed by atoms with Crippen LogP contribution in [0, 0.1) is 6.92 Å². The summed E-state index contributed by atoms with van der Waals surface area (Å²) in [5, 5.41) is 3.51. The molecule has 0 saturated heterocycles. The number of hydrogen-bond donors (Lipinski definition) is 1. The number of carbonyl (C=O) groups excluding carboxylic acids is 2. The molecular weight excluding hydrogens is 622 g/mol. The fourth-order valence-corrected chi connectivity index (χ4v) is 6.37. The first-order chi connectivity index (χ1) is 21.8. The summed E-state index contributed by atoms with van der Waals surface area (Å²) in [6.07, 6.45) is 0.317. The number of ether oxygens (including phenoxy) is 1. The minimum absolute atomic E-state index is 0.0391. The predicted molar refractivity (Wildman–Crippen MR) is 183 cm³/mol. The zero-order chi connectivity index (χ0) is 33.5. The number of carbonyl (C=O) groups is 2. The normalized spacial score (nSPS) is 12.2. The Morgan fingerprint density at radius 2 is 1.43 bits per heavy atom. The third-order valence-electron chi connectivity index (χ3n) is 7.14. The summed E-state index contributed by atoms with van der Waals surface area (Å²) >= 11 is 6.11. The van der Waals surface area contributed by atoms with Crippen molar-refractivity contribution in [1.29, 1.82) is 0 Å². The van der Waals surface area contributed by atoms with Gasteiger partial charge in [0, 0.05) is 17.1 Å². The number of halogens is 1. The molecule has 10 heteroatoms. The highest BCUT2D eigenvalue weighted by Crippen LogP contribution is 2.29. The zero-order valence-electron chi connectivity index (χ0n) is 26.7. The molecule has 0 unspecified atom stereocenters. The second-order valence-electron chi connectivity index (χ2n) is 12.0. The van der Waals surface area contributed by atoms with Crippen LogP contribution in [-0.2, 0) is 26.2 Å². The van der Waals surface area contributed by atoms with Crippen LogP contribution in [0.3, 0.4) is 0 Å². The highest BCUT2D eigenvalue weighted by molar-refractivity contribution is 7.92. The number of benzene rings is 4. The van der Waals surface area contributed by atoms with Gasteiger partial charge in [-0.3, -0.25) is 13.9 Å². The van der Waals surface area contributed by atoms with Crippen LogP contribution in [0.2, 0.25) is 5.02 Å². The van der Waals surface area contributed by atoms with Crippen LogP contribution in [0.5, 0.6) is 11.5 Å². The van der Waals surface area contributed by atoms with Crippen molar-refractivity contribution in [2.45, 2.75) is 64.1 Å². The number of nitrogens with one attached hydrogen (secondary N) is 1. The molecule has 0 saturated carbocycles. The van der Waals surface area contributed by atoms with Crippen molar-refractivity contribution in [3.05, 3.63) is 119 Å². The molecule has 0 spiro atoms. The lowest BCUT2D eigenvalue weighted by Crippen LogP contribution is -2.55. The quantitative estimate of drug-likeness (QED) is 0.171. The maximum atomic E-state index is 14.3. The summed E-state index contributed by atoms with van der Waals surface area (Å²) in [4.78, 5) is 29.3. The second kappa shape index (κ2) is 14.8. The molecule has 4 aromatic rings. The maximum Gasteiger partial charge on any atom is 0.264 e. The van der Waals surface area contributed by atoms with E-state index in [1.807, 2.05) is 65.0 Å². The van der Waals surface area contributed by atoms with Crippen LogP contribution < -0.4 is 14.4 Å². The SMILES string of the molecule is CC[C@H](C(=O)NC(C)(C)C)N(Cc1ccc(Cl)cc1)C(=O)CN(c1ccc(Oc2ccccc2)cc1)S(=O)(=O)c1ccc(C)cc1. The average molecular weight is 662 g/mol. The monoisotopic (exact) mass is 661 g/mol. The standard InChI is InChI=1S/C36H40ClN3O5S/c1-6-33(35(42)38-36(3,4)5)39(24-27-14-16-28(37)17-15-27)34(41)25-40(46(43,44)32-22-12-26(2)13-23-32)29-18-20-31(21-19-29)45-30-10-8-7-9-11-30/h7-23,33H,6,24-25H2,1-5H3,(H,38,42)/t33-/m1/s1. The number of aryl methyl sites for hydroxylation is 1. The topological polar surface area (TPSA) is 96.0 Å². The zero-order valence-corrected chi connectivity index (χ0v) is 28.3. The summed E-state index contributed by atoms with van der Waals surface area (Å²) < 4.78 is 35.3. The van der Waals surface area contributed by atoms with E-state index >= 15 is 0 Å². The van der Waals surface area contributed by atoms with Gasteiger partial charge in [-0.1, -0.05) is 66.6 Å². The van der Waals surface area contributed by atoms with Crippen LogP contribution in [0.1, 0.15) is 45.2 Å². The molecule has 1 atom stereocenters. The molecule has 0 bridgehead atoms. The Morgan fingerprint density at radius 3 is 2.00 bits per heavy atom. The van der Waals surface area contributed by atoms with Crippen molar-refractivity contribution < 1.29 is 22.7 Å². The predicted octanol–water partition coefficient (Wildman–Crippen LogP) is 7.36. The van der Waals surface area contributed by atoms with E-state index in [0.29, 0.717) is 22.9 Å². The van der Waals surface area contributed by atoms with Gasteiger partial charge in [0.25, 0.3) is 10.0 Å². The van der Waals surface area contributed by atoms with Crippen LogP contribution in [-0.4, -0.2) is 43.3 Å². The average Bonchev–Trinajstić information content (AvgIpc) is 3.01. The van der Waals surface area contributed by atoms with E-state index < -0.39 is 34.1 Å². The first-order valence-corrected chi connectivity index (χ1v) is 16.9. The summed E-state index contributed by atoms with van der Waals surface area (Å²) in [6.45, 7) is 8.82. The molecule has 0 aliphatic rings. The van der Waals surface area contributed by atoms with Gasteiger partial charge in [0.1, 0.15) is 24.1 Å². The number of rotatable bonds is 12. The van der Waals surface area contributed by atoms with Gasteiger partial charge in [0.2, 0.25) is 11.8 Å². The van der Waals surface area contributed by atoms with E-state index in [9.17, 15) is 18.0 Å². The Kier molecular flexibility index (Phi) is 11.1. The molecule has 0 aliphatic heterocycles. The Balaban J connectivity index is 1.73. The summed E-state index contributed by atoms with van der Waals surface area (Å²) in [6, 6.07) is 28.3. The van der Waals surface area contributed by atoms with Crippen molar-refractivity contribution in [2.24, 2.45) is 0 Å². The third-order valence-corrected chi connectivity index (χ3v) is 9.18. The van der Waals surface area contributed by atoms with E-state index in [-0.39, 0.29) is 23.0 Å². The molecule has 2 amide bonds. The third kappa shape index (κ3) is 9.11. The highest BCUT2D eigenvalue weighted by atomic mass is 35.5. The fourth-order valence-electron chi connectivity index (χ4n) is 4.83. The Labute approximate surface area is 277 Å². The Morgan fingerprint density at radius 1 is 0.848 bits per heavy atom. The molecule has 0 fully saturated rings. The lowest BCUT2D eigenvalue weighted by atomic mass is 10.1. The van der Waals surface area contributed by atoms with Gasteiger partial charge < -0.3 is 15.0 Å². The van der Waals surface area contributed by atoms with Crippen LogP contribution in [0.25, 0.3) is 0 Å². The number of sulfonamides is 1. The molecule has 0 aromatic heterocycles. The van der Waals surface area contributed by atoms with Crippen molar-refractivity contribution in [1.82, 2.24) is 10.2 Å². The number of nitrogens with zero attached hydrogens (tertiary/aromatic N) is 2. The van der Waals surface area contributed by atoms with E-state index in [4.69, 9.17) is 16.3 Å². The molecule has 0 heterocycles. The number of amides is 2. The molecule has 46 heavy (non-hydrogen) atoms. The van der Waals surface area contributed by atoms with Crippen molar-refractivity contribution in [2.75, 3.05) is 10.8 Å². The van der Waals surface area contributed by atoms with E-state index in [0.717, 1.165) is 15.4 Å². The van der Waals surface area contributed by atoms with Gasteiger partial charge >= 0.3 is 0 Å². The van der Waals surface area contributed by atoms with E-state index in [1.54, 1.807) is 60.7 Å². The highest BCUT2D eigenvalue weighted by Gasteiger charge is 2.34. The molecular formula is C36H40ClN3O5S. The second-order valence-corrected chi connectivity index (χ2v) is 14.3. The molecule has 242 valence electrons. The molecule has 4 rings (SSSR count). The van der Waals surface area contributed by atoms with Crippen molar-refractivity contribution >= 4 is 39.1 Å². The molecule has 8 nitrogen and oxygen atoms in total. The van der Waals surface area contributed by atoms with Crippen molar-refractivity contribution in [3.8, 4) is 11.5 Å². The molecule has 0 radical (unpaired) electrons. The molecule has 4 aromatic carbocycles. The summed E-state index contributed by atoms with van der Waals surface area (Å²) in [5.41, 5.74) is 1.38. The largest absolute Gasteiger partial charge is 0.457 e. The van der Waals surface area contributed by atoms with Crippen LogP contribution >= 0.6 is 11.6 Å². The lowest BCUT2D eigenvalue weighted by molar-refractivity contribution is -0.141. The lowest BCUT2D eigenvalue weighted by Gasteiger charge is -2.34. The first kappa shape index (κ1) is 34.5. The van der Waals surface area contributed by atoms with Crippen molar-refractivity contribution in [3.63, 3.8) is 0 Å². The number of hydrogen-bond acceptors (Lipinski definition) is 5. The van der Waals surface area contributed by atoms with Gasteiger partial charge in [-0.05, 0) is 100 Å². The smallest absolute Gasteiger partial charge is 0.264 e. The van der Waals surface area contributed by atoms with Gasteiger partial charge in [0.15, 0.2) is 0 Å². The van der Waals surface area contributed by atoms with E-state index in [2.05, 4.69) is 5.32 Å². The Bertz CT molecular complexity index is 1720. The van der Waals surface area contributed by atoms with Gasteiger partial charge in [-0.25, -0.2) is 8.42 Å². The molecule has 1 N–H and O–H groups in total. The van der Waals surface area contributed by atoms with Crippen LogP contribution in [0.15, 0.2) is 108 Å². The van der Waals surface area contributed by atoms with Crippen LogP contribution in [0.4, 0.5) is 5.69 Å². The number of anilines is 1. The maximum absolute atomic E-state index is 14.3. The summed E-state index contributed by atoms with van der Waals surface area (Å²) in [7, 11) is -4.20. The number of para-hydroxylation sites is 1.